The largest absolute Gasteiger partial charge is 0.493 e. The van der Waals surface area contributed by atoms with Crippen LogP contribution in [-0.2, 0) is 11.2 Å². The van der Waals surface area contributed by atoms with Crippen molar-refractivity contribution in [2.45, 2.75) is 38.0 Å². The summed E-state index contributed by atoms with van der Waals surface area (Å²) in [4.78, 5) is 15.5. The molecule has 2 aromatic rings. The van der Waals surface area contributed by atoms with Crippen LogP contribution >= 0.6 is 0 Å². The fraction of sp³-hybridized carbons (Fsp3) is 0.478. The van der Waals surface area contributed by atoms with Crippen LogP contribution in [0.4, 0.5) is 5.69 Å². The predicted octanol–water partition coefficient (Wildman–Crippen LogP) is 4.12. The van der Waals surface area contributed by atoms with Crippen LogP contribution in [0.25, 0.3) is 0 Å². The molecule has 0 radical (unpaired) electrons. The van der Waals surface area contributed by atoms with Crippen molar-refractivity contribution in [1.82, 2.24) is 4.98 Å². The van der Waals surface area contributed by atoms with Crippen LogP contribution in [0.1, 0.15) is 53.1 Å². The zero-order valence-corrected chi connectivity index (χ0v) is 16.6. The second-order valence-corrected chi connectivity index (χ2v) is 7.92. The summed E-state index contributed by atoms with van der Waals surface area (Å²) in [7, 11) is 0. The molecule has 1 aliphatic heterocycles. The van der Waals surface area contributed by atoms with Crippen molar-refractivity contribution in [2.24, 2.45) is 5.92 Å². The van der Waals surface area contributed by atoms with E-state index in [4.69, 9.17) is 9.47 Å². The van der Waals surface area contributed by atoms with E-state index in [9.17, 15) is 9.90 Å². The molecule has 1 saturated heterocycles. The summed E-state index contributed by atoms with van der Waals surface area (Å²) >= 11 is 0. The number of carbonyl (C=O) groups is 1. The highest BCUT2D eigenvalue weighted by Crippen LogP contribution is 2.34. The normalized spacial score (nSPS) is 19.4. The highest BCUT2D eigenvalue weighted by Gasteiger charge is 2.22. The Labute approximate surface area is 171 Å². The minimum atomic E-state index is -0.940. The van der Waals surface area contributed by atoms with Gasteiger partial charge in [-0.2, -0.15) is 0 Å². The molecule has 1 unspecified atom stereocenters. The highest BCUT2D eigenvalue weighted by molar-refractivity contribution is 5.93. The van der Waals surface area contributed by atoms with Crippen LogP contribution < -0.4 is 10.1 Å². The summed E-state index contributed by atoms with van der Waals surface area (Å²) in [6.45, 7) is 3.13. The smallest absolute Gasteiger partial charge is 0.337 e. The average Bonchev–Trinajstić information content (AvgIpc) is 2.77. The summed E-state index contributed by atoms with van der Waals surface area (Å²) in [6, 6.07) is 7.97. The van der Waals surface area contributed by atoms with E-state index in [1.807, 2.05) is 0 Å². The Morgan fingerprint density at radius 3 is 2.93 bits per heavy atom. The average molecular weight is 396 g/mol. The van der Waals surface area contributed by atoms with E-state index in [0.29, 0.717) is 24.1 Å². The van der Waals surface area contributed by atoms with Gasteiger partial charge in [0.15, 0.2) is 0 Å². The van der Waals surface area contributed by atoms with Gasteiger partial charge in [-0.25, -0.2) is 4.79 Å². The third kappa shape index (κ3) is 4.88. The number of ether oxygens (including phenoxy) is 2. The monoisotopic (exact) mass is 396 g/mol. The Kier molecular flexibility index (Phi) is 6.30. The lowest BCUT2D eigenvalue weighted by Gasteiger charge is -2.27. The minimum Gasteiger partial charge on any atom is -0.493 e. The predicted molar refractivity (Wildman–Crippen MR) is 111 cm³/mol. The molecule has 2 aliphatic rings. The molecule has 6 heteroatoms. The molecular formula is C23H28N2O4. The van der Waals surface area contributed by atoms with E-state index < -0.39 is 5.97 Å². The molecule has 6 nitrogen and oxygen atoms in total. The number of nitrogens with zero attached hydrogens (tertiary/aromatic N) is 1. The number of carboxylic acid groups (broad SMARTS) is 1. The van der Waals surface area contributed by atoms with Crippen LogP contribution in [0.3, 0.4) is 0 Å². The van der Waals surface area contributed by atoms with Crippen molar-refractivity contribution in [3.63, 3.8) is 0 Å². The molecule has 29 heavy (non-hydrogen) atoms. The number of carboxylic acids is 1. The molecule has 2 N–H and O–H groups in total. The van der Waals surface area contributed by atoms with Gasteiger partial charge in [0.2, 0.25) is 0 Å². The third-order valence-electron chi connectivity index (χ3n) is 5.97. The maximum absolute atomic E-state index is 11.4. The lowest BCUT2D eigenvalue weighted by molar-refractivity contribution is 0.0497. The second kappa shape index (κ2) is 9.27. The second-order valence-electron chi connectivity index (χ2n) is 7.92. The molecule has 1 atom stereocenters. The van der Waals surface area contributed by atoms with E-state index in [1.165, 1.54) is 23.4 Å². The van der Waals surface area contributed by atoms with Crippen molar-refractivity contribution in [2.75, 3.05) is 31.7 Å². The minimum absolute atomic E-state index is 0.257. The van der Waals surface area contributed by atoms with Crippen molar-refractivity contribution in [3.05, 3.63) is 53.3 Å². The van der Waals surface area contributed by atoms with Crippen molar-refractivity contribution < 1.29 is 19.4 Å². The zero-order chi connectivity index (χ0) is 20.1. The Morgan fingerprint density at radius 1 is 1.24 bits per heavy atom. The number of pyridine rings is 1. The third-order valence-corrected chi connectivity index (χ3v) is 5.97. The van der Waals surface area contributed by atoms with Gasteiger partial charge in [-0.05, 0) is 67.3 Å². The highest BCUT2D eigenvalue weighted by atomic mass is 16.5. The van der Waals surface area contributed by atoms with Gasteiger partial charge in [-0.15, -0.1) is 0 Å². The van der Waals surface area contributed by atoms with Crippen molar-refractivity contribution in [3.8, 4) is 5.75 Å². The van der Waals surface area contributed by atoms with Gasteiger partial charge in [-0.1, -0.05) is 6.07 Å². The van der Waals surface area contributed by atoms with Crippen LogP contribution in [0.2, 0.25) is 0 Å². The van der Waals surface area contributed by atoms with E-state index in [2.05, 4.69) is 28.5 Å². The quantitative estimate of drug-likeness (QED) is 0.733. The lowest BCUT2D eigenvalue weighted by Crippen LogP contribution is -2.22. The fourth-order valence-electron chi connectivity index (χ4n) is 4.28. The summed E-state index contributed by atoms with van der Waals surface area (Å²) in [5.74, 6) is 0.944. The molecular weight excluding hydrogens is 368 g/mol. The van der Waals surface area contributed by atoms with E-state index in [1.54, 1.807) is 6.20 Å². The van der Waals surface area contributed by atoms with Crippen molar-refractivity contribution >= 4 is 11.7 Å². The molecule has 0 spiro atoms. The first-order valence-electron chi connectivity index (χ1n) is 10.5. The number of rotatable bonds is 7. The molecule has 2 heterocycles. The maximum Gasteiger partial charge on any atom is 0.337 e. The molecule has 1 fully saturated rings. The lowest BCUT2D eigenvalue weighted by atomic mass is 9.82. The number of aryl methyl sites for hydroxylation is 1. The molecule has 1 aliphatic carbocycles. The van der Waals surface area contributed by atoms with E-state index in [-0.39, 0.29) is 5.56 Å². The van der Waals surface area contributed by atoms with E-state index >= 15 is 0 Å². The van der Waals surface area contributed by atoms with Crippen molar-refractivity contribution in [1.29, 1.82) is 0 Å². The van der Waals surface area contributed by atoms with Gasteiger partial charge in [-0.3, -0.25) is 4.98 Å². The SMILES string of the molecule is O=C(O)c1ccncc1NCC1CCCc2cc(OCC3CCOCC3)ccc21. The fourth-order valence-corrected chi connectivity index (χ4v) is 4.28. The molecule has 0 bridgehead atoms. The van der Waals surface area contributed by atoms with Crippen LogP contribution in [0.15, 0.2) is 36.7 Å². The van der Waals surface area contributed by atoms with Crippen LogP contribution in [-0.4, -0.2) is 42.4 Å². The number of hydrogen-bond acceptors (Lipinski definition) is 5. The number of anilines is 1. The van der Waals surface area contributed by atoms with Crippen LogP contribution in [0, 0.1) is 5.92 Å². The number of fused-ring (bicyclic) bond motifs is 1. The number of aromatic carboxylic acids is 1. The maximum atomic E-state index is 11.4. The number of benzene rings is 1. The Bertz CT molecular complexity index is 849. The summed E-state index contributed by atoms with van der Waals surface area (Å²) < 4.78 is 11.5. The Morgan fingerprint density at radius 2 is 2.10 bits per heavy atom. The van der Waals surface area contributed by atoms with Gasteiger partial charge in [0.1, 0.15) is 5.75 Å². The first-order valence-corrected chi connectivity index (χ1v) is 10.5. The number of nitrogens with one attached hydrogen (secondary N) is 1. The molecule has 4 rings (SSSR count). The molecule has 154 valence electrons. The molecule has 1 aromatic heterocycles. The van der Waals surface area contributed by atoms with E-state index in [0.717, 1.165) is 57.7 Å². The number of hydrogen-bond donors (Lipinski definition) is 2. The molecule has 0 saturated carbocycles. The Balaban J connectivity index is 1.40. The van der Waals surface area contributed by atoms with Gasteiger partial charge in [0.25, 0.3) is 0 Å². The van der Waals surface area contributed by atoms with Gasteiger partial charge in [0, 0.05) is 31.9 Å². The first-order chi connectivity index (χ1) is 14.2. The summed E-state index contributed by atoms with van der Waals surface area (Å²) in [6.07, 6.45) is 8.52. The van der Waals surface area contributed by atoms with Gasteiger partial charge in [0.05, 0.1) is 24.1 Å². The summed E-state index contributed by atoms with van der Waals surface area (Å²) in [5, 5.41) is 12.6. The van der Waals surface area contributed by atoms with Gasteiger partial charge >= 0.3 is 5.97 Å². The number of aromatic nitrogens is 1. The topological polar surface area (TPSA) is 80.7 Å². The Hall–Kier alpha value is -2.60. The summed E-state index contributed by atoms with van der Waals surface area (Å²) in [5.41, 5.74) is 3.51. The molecule has 1 aromatic carbocycles. The zero-order valence-electron chi connectivity index (χ0n) is 16.6. The van der Waals surface area contributed by atoms with Crippen LogP contribution in [0.5, 0.6) is 5.75 Å². The van der Waals surface area contributed by atoms with Gasteiger partial charge < -0.3 is 19.9 Å². The molecule has 0 amide bonds. The standard InChI is InChI=1S/C23H28N2O4/c26-23(27)21-6-9-24-14-22(21)25-13-18-3-1-2-17-12-19(4-5-20(17)18)29-15-16-7-10-28-11-8-16/h4-6,9,12,14,16,18,25H,1-3,7-8,10-11,13,15H2,(H,26,27). The first kappa shape index (κ1) is 19.7.